The first-order chi connectivity index (χ1) is 8.73. The number of hydrogen-bond donors (Lipinski definition) is 2. The number of aromatic carboxylic acids is 1. The molecule has 0 fully saturated rings. The van der Waals surface area contributed by atoms with Gasteiger partial charge in [0, 0.05) is 6.92 Å². The summed E-state index contributed by atoms with van der Waals surface area (Å²) in [7, 11) is 3.52. The minimum absolute atomic E-state index is 0.0118. The molecule has 0 unspecified atom stereocenters. The van der Waals surface area contributed by atoms with Crippen molar-refractivity contribution >= 4 is 34.0 Å². The van der Waals surface area contributed by atoms with Gasteiger partial charge in [-0.05, 0) is 26.6 Å². The molecule has 104 valence electrons. The zero-order valence-corrected chi connectivity index (χ0v) is 12.1. The third kappa shape index (κ3) is 3.62. The number of amides is 1. The Bertz CT molecular complexity index is 534. The molecule has 6 nitrogen and oxygen atoms in total. The third-order valence-electron chi connectivity index (χ3n) is 2.36. The van der Waals surface area contributed by atoms with Gasteiger partial charge in [-0.25, -0.2) is 4.79 Å². The fourth-order valence-corrected chi connectivity index (χ4v) is 2.82. The highest BCUT2D eigenvalue weighted by Crippen LogP contribution is 2.33. The van der Waals surface area contributed by atoms with Crippen molar-refractivity contribution in [2.75, 3.05) is 26.0 Å². The summed E-state index contributed by atoms with van der Waals surface area (Å²) in [6.45, 7) is 3.07. The van der Waals surface area contributed by atoms with Crippen LogP contribution in [0.5, 0.6) is 0 Å². The Morgan fingerprint density at radius 3 is 2.32 bits per heavy atom. The molecule has 1 heterocycles. The van der Waals surface area contributed by atoms with Crippen LogP contribution in [0, 0.1) is 6.92 Å². The predicted molar refractivity (Wildman–Crippen MR) is 73.2 cm³/mol. The van der Waals surface area contributed by atoms with Crippen LogP contribution in [0.15, 0.2) is 0 Å². The molecular weight excluding hydrogens is 268 g/mol. The van der Waals surface area contributed by atoms with Crippen LogP contribution in [0.1, 0.15) is 32.5 Å². The van der Waals surface area contributed by atoms with E-state index in [0.717, 1.165) is 11.3 Å². The minimum atomic E-state index is -1.15. The number of carboxylic acid groups (broad SMARTS) is 1. The second-order valence-corrected chi connectivity index (χ2v) is 5.43. The topological polar surface area (TPSA) is 86.7 Å². The molecule has 0 radical (unpaired) electrons. The Morgan fingerprint density at radius 2 is 1.89 bits per heavy atom. The van der Waals surface area contributed by atoms with Crippen molar-refractivity contribution in [3.8, 4) is 0 Å². The Hall–Kier alpha value is -1.73. The molecule has 19 heavy (non-hydrogen) atoms. The number of hydrogen-bond acceptors (Lipinski definition) is 5. The number of nitrogens with one attached hydrogen (secondary N) is 1. The van der Waals surface area contributed by atoms with Crippen molar-refractivity contribution in [3.63, 3.8) is 0 Å². The molecule has 0 bridgehead atoms. The van der Waals surface area contributed by atoms with Crippen LogP contribution in [0.2, 0.25) is 0 Å². The van der Waals surface area contributed by atoms with Crippen LogP contribution < -0.4 is 5.32 Å². The van der Waals surface area contributed by atoms with Gasteiger partial charge in [-0.15, -0.1) is 11.3 Å². The number of ketones is 1. The number of likely N-dealkylation sites (N-methyl/N-ethyl adjacent to an activating group) is 1. The molecule has 1 amide bonds. The molecule has 0 atom stereocenters. The van der Waals surface area contributed by atoms with E-state index in [0.29, 0.717) is 10.4 Å². The van der Waals surface area contributed by atoms with Crippen molar-refractivity contribution in [1.29, 1.82) is 0 Å². The molecule has 0 aliphatic carbocycles. The number of rotatable bonds is 5. The van der Waals surface area contributed by atoms with E-state index in [4.69, 9.17) is 0 Å². The molecule has 0 aliphatic rings. The van der Waals surface area contributed by atoms with Crippen molar-refractivity contribution in [2.45, 2.75) is 13.8 Å². The Balaban J connectivity index is 3.24. The van der Waals surface area contributed by atoms with E-state index in [9.17, 15) is 19.5 Å². The average molecular weight is 284 g/mol. The van der Waals surface area contributed by atoms with E-state index in [-0.39, 0.29) is 28.8 Å². The maximum atomic E-state index is 12.0. The van der Waals surface area contributed by atoms with Crippen LogP contribution in [-0.2, 0) is 4.79 Å². The first-order valence-corrected chi connectivity index (χ1v) is 6.37. The average Bonchev–Trinajstić information content (AvgIpc) is 2.53. The molecule has 2 N–H and O–H groups in total. The highest BCUT2D eigenvalue weighted by atomic mass is 32.1. The third-order valence-corrected chi connectivity index (χ3v) is 3.61. The SMILES string of the molecule is CC(=O)Nc1sc(C(=O)CN(C)C)c(C)c1C(=O)O. The smallest absolute Gasteiger partial charge is 0.339 e. The summed E-state index contributed by atoms with van der Waals surface area (Å²) in [6, 6.07) is 0. The summed E-state index contributed by atoms with van der Waals surface area (Å²) < 4.78 is 0. The normalized spacial score (nSPS) is 10.6. The molecule has 0 aromatic carbocycles. The second kappa shape index (κ2) is 5.94. The molecule has 0 spiro atoms. The first-order valence-electron chi connectivity index (χ1n) is 5.56. The summed E-state index contributed by atoms with van der Waals surface area (Å²) in [6.07, 6.45) is 0. The first kappa shape index (κ1) is 15.3. The largest absolute Gasteiger partial charge is 0.478 e. The highest BCUT2D eigenvalue weighted by Gasteiger charge is 2.24. The molecule has 0 saturated heterocycles. The van der Waals surface area contributed by atoms with Crippen LogP contribution in [0.25, 0.3) is 0 Å². The fourth-order valence-electron chi connectivity index (χ4n) is 1.64. The van der Waals surface area contributed by atoms with Gasteiger partial charge in [-0.2, -0.15) is 0 Å². The minimum Gasteiger partial charge on any atom is -0.478 e. The maximum Gasteiger partial charge on any atom is 0.339 e. The van der Waals surface area contributed by atoms with Crippen LogP contribution >= 0.6 is 11.3 Å². The summed E-state index contributed by atoms with van der Waals surface area (Å²) in [5, 5.41) is 11.8. The Kier molecular flexibility index (Phi) is 4.79. The van der Waals surface area contributed by atoms with Crippen molar-refractivity contribution in [1.82, 2.24) is 4.90 Å². The zero-order chi connectivity index (χ0) is 14.7. The molecule has 0 saturated carbocycles. The van der Waals surface area contributed by atoms with Gasteiger partial charge in [0.2, 0.25) is 5.91 Å². The summed E-state index contributed by atoms with van der Waals surface area (Å²) in [5.74, 6) is -1.68. The fraction of sp³-hybridized carbons (Fsp3) is 0.417. The molecule has 0 aliphatic heterocycles. The summed E-state index contributed by atoms with van der Waals surface area (Å²) >= 11 is 1.00. The van der Waals surface area contributed by atoms with Crippen molar-refractivity contribution < 1.29 is 19.5 Å². The molecule has 7 heteroatoms. The van der Waals surface area contributed by atoms with Crippen molar-refractivity contribution in [3.05, 3.63) is 16.0 Å². The van der Waals surface area contributed by atoms with Gasteiger partial charge in [0.15, 0.2) is 5.78 Å². The predicted octanol–water partition coefficient (Wildman–Crippen LogP) is 1.46. The van der Waals surface area contributed by atoms with Gasteiger partial charge in [0.1, 0.15) is 5.00 Å². The van der Waals surface area contributed by atoms with E-state index in [1.807, 2.05) is 0 Å². The summed E-state index contributed by atoms with van der Waals surface area (Å²) in [5.41, 5.74) is 0.385. The van der Waals surface area contributed by atoms with E-state index in [2.05, 4.69) is 5.32 Å². The lowest BCUT2D eigenvalue weighted by Crippen LogP contribution is -2.21. The van der Waals surface area contributed by atoms with Gasteiger partial charge < -0.3 is 15.3 Å². The number of anilines is 1. The van der Waals surface area contributed by atoms with Gasteiger partial charge in [-0.3, -0.25) is 9.59 Å². The van der Waals surface area contributed by atoms with Crippen LogP contribution in [-0.4, -0.2) is 48.3 Å². The maximum absolute atomic E-state index is 12.0. The number of nitrogens with zero attached hydrogens (tertiary/aromatic N) is 1. The summed E-state index contributed by atoms with van der Waals surface area (Å²) in [4.78, 5) is 36.4. The number of carbonyl (C=O) groups is 3. The quantitative estimate of drug-likeness (QED) is 0.799. The zero-order valence-electron chi connectivity index (χ0n) is 11.2. The van der Waals surface area contributed by atoms with Crippen molar-refractivity contribution in [2.24, 2.45) is 0 Å². The van der Waals surface area contributed by atoms with Gasteiger partial charge in [-0.1, -0.05) is 0 Å². The van der Waals surface area contributed by atoms with Gasteiger partial charge in [0.25, 0.3) is 0 Å². The van der Waals surface area contributed by atoms with E-state index in [1.165, 1.54) is 6.92 Å². The molecular formula is C12H16N2O4S. The lowest BCUT2D eigenvalue weighted by Gasteiger charge is -2.07. The number of Topliss-reactive ketones (excluding diaryl/α,β-unsaturated/α-hetero) is 1. The number of carboxylic acids is 1. The molecule has 1 aromatic rings. The Labute approximate surface area is 115 Å². The van der Waals surface area contributed by atoms with Gasteiger partial charge >= 0.3 is 5.97 Å². The van der Waals surface area contributed by atoms with Gasteiger partial charge in [0.05, 0.1) is 17.0 Å². The standard InChI is InChI=1S/C12H16N2O4S/c1-6-9(12(17)18)11(13-7(2)15)19-10(6)8(16)5-14(3)4/h5H2,1-4H3,(H,13,15)(H,17,18). The number of carbonyl (C=O) groups excluding carboxylic acids is 2. The van der Waals surface area contributed by atoms with E-state index in [1.54, 1.807) is 25.9 Å². The van der Waals surface area contributed by atoms with Crippen LogP contribution in [0.4, 0.5) is 5.00 Å². The second-order valence-electron chi connectivity index (χ2n) is 4.41. The monoisotopic (exact) mass is 284 g/mol. The molecule has 1 rings (SSSR count). The van der Waals surface area contributed by atoms with E-state index < -0.39 is 5.97 Å². The highest BCUT2D eigenvalue weighted by molar-refractivity contribution is 7.18. The number of thiophene rings is 1. The van der Waals surface area contributed by atoms with Crippen LogP contribution in [0.3, 0.4) is 0 Å². The lowest BCUT2D eigenvalue weighted by molar-refractivity contribution is -0.114. The van der Waals surface area contributed by atoms with E-state index >= 15 is 0 Å². The Morgan fingerprint density at radius 1 is 1.32 bits per heavy atom. The lowest BCUT2D eigenvalue weighted by atomic mass is 10.1. The molecule has 1 aromatic heterocycles.